The Morgan fingerprint density at radius 1 is 1.50 bits per heavy atom. The molecule has 2 rings (SSSR count). The van der Waals surface area contributed by atoms with Gasteiger partial charge in [-0.3, -0.25) is 9.78 Å². The van der Waals surface area contributed by atoms with E-state index in [-0.39, 0.29) is 0 Å². The van der Waals surface area contributed by atoms with Crippen LogP contribution >= 0.6 is 0 Å². The van der Waals surface area contributed by atoms with Crippen LogP contribution in [0.4, 0.5) is 0 Å². The first-order chi connectivity index (χ1) is 9.54. The van der Waals surface area contributed by atoms with E-state index in [2.05, 4.69) is 4.98 Å². The molecule has 1 aromatic heterocycles. The normalized spacial score (nSPS) is 13.1. The molecule has 0 aliphatic carbocycles. The third-order valence-corrected chi connectivity index (χ3v) is 2.59. The lowest BCUT2D eigenvalue weighted by atomic mass is 10.2. The van der Waals surface area contributed by atoms with Crippen molar-refractivity contribution in [3.8, 4) is 0 Å². The zero-order valence-electron chi connectivity index (χ0n) is 11.2. The fourth-order valence-corrected chi connectivity index (χ4v) is 1.47. The second-order valence-corrected chi connectivity index (χ2v) is 4.01. The molecular formula is C14H17N3O3. The summed E-state index contributed by atoms with van der Waals surface area (Å²) in [6.07, 6.45) is 8.31. The first-order valence-electron chi connectivity index (χ1n) is 6.09. The summed E-state index contributed by atoms with van der Waals surface area (Å²) in [6.45, 7) is 3.36. The van der Waals surface area contributed by atoms with E-state index in [1.165, 1.54) is 6.20 Å². The van der Waals surface area contributed by atoms with Crippen LogP contribution < -0.4 is 5.73 Å². The molecule has 0 unspecified atom stereocenters. The number of pyridine rings is 1. The fraction of sp³-hybridized carbons (Fsp3) is 0.214. The Balaban J connectivity index is 0.000000204. The molecular weight excluding hydrogens is 258 g/mol. The first kappa shape index (κ1) is 15.4. The third kappa shape index (κ3) is 4.93. The Bertz CT molecular complexity index is 524. The zero-order valence-corrected chi connectivity index (χ0v) is 11.2. The van der Waals surface area contributed by atoms with Gasteiger partial charge in [-0.25, -0.2) is 4.79 Å². The van der Waals surface area contributed by atoms with Crippen LogP contribution in [-0.4, -0.2) is 40.0 Å². The molecule has 0 fully saturated rings. The van der Waals surface area contributed by atoms with Gasteiger partial charge < -0.3 is 15.7 Å². The maximum absolute atomic E-state index is 10.5. The van der Waals surface area contributed by atoms with Crippen molar-refractivity contribution in [1.82, 2.24) is 9.88 Å². The Kier molecular flexibility index (Phi) is 5.96. The van der Waals surface area contributed by atoms with Crippen LogP contribution in [0.2, 0.25) is 0 Å². The molecule has 0 saturated heterocycles. The van der Waals surface area contributed by atoms with E-state index in [9.17, 15) is 9.59 Å². The summed E-state index contributed by atoms with van der Waals surface area (Å²) >= 11 is 0. The van der Waals surface area contributed by atoms with Crippen molar-refractivity contribution in [2.75, 3.05) is 13.1 Å². The van der Waals surface area contributed by atoms with Crippen LogP contribution in [0.1, 0.15) is 17.3 Å². The molecule has 0 radical (unpaired) electrons. The second kappa shape index (κ2) is 7.73. The summed E-state index contributed by atoms with van der Waals surface area (Å²) in [5, 5.41) is 8.62. The summed E-state index contributed by atoms with van der Waals surface area (Å²) < 4.78 is 0. The van der Waals surface area contributed by atoms with Gasteiger partial charge in [0.1, 0.15) is 0 Å². The summed E-state index contributed by atoms with van der Waals surface area (Å²) in [7, 11) is 0. The van der Waals surface area contributed by atoms with Gasteiger partial charge in [-0.15, -0.1) is 0 Å². The highest BCUT2D eigenvalue weighted by atomic mass is 16.4. The van der Waals surface area contributed by atoms with Crippen LogP contribution in [0.3, 0.4) is 0 Å². The Morgan fingerprint density at radius 2 is 2.25 bits per heavy atom. The van der Waals surface area contributed by atoms with Crippen molar-refractivity contribution in [2.45, 2.75) is 6.92 Å². The number of allylic oxidation sites excluding steroid dienone is 2. The number of nitrogens with zero attached hydrogens (tertiary/aromatic N) is 2. The fourth-order valence-electron chi connectivity index (χ4n) is 1.47. The lowest BCUT2D eigenvalue weighted by Crippen LogP contribution is -2.24. The van der Waals surface area contributed by atoms with Crippen molar-refractivity contribution >= 4 is 11.9 Å². The Labute approximate surface area is 117 Å². The molecule has 6 heteroatoms. The highest BCUT2D eigenvalue weighted by Gasteiger charge is 2.11. The predicted molar refractivity (Wildman–Crippen MR) is 74.9 cm³/mol. The number of primary amides is 1. The molecule has 6 nitrogen and oxygen atoms in total. The topological polar surface area (TPSA) is 96.5 Å². The molecule has 20 heavy (non-hydrogen) atoms. The zero-order chi connectivity index (χ0) is 15.0. The van der Waals surface area contributed by atoms with E-state index in [4.69, 9.17) is 10.8 Å². The number of rotatable bonds is 3. The Hall–Kier alpha value is -2.63. The lowest BCUT2D eigenvalue weighted by molar-refractivity contribution is -0.132. The summed E-state index contributed by atoms with van der Waals surface area (Å²) in [5.74, 6) is -1.27. The molecule has 0 saturated carbocycles. The molecule has 1 aliphatic heterocycles. The van der Waals surface area contributed by atoms with Crippen molar-refractivity contribution < 1.29 is 14.7 Å². The minimum absolute atomic E-state index is 0.442. The van der Waals surface area contributed by atoms with Crippen LogP contribution in [0.15, 0.2) is 48.5 Å². The highest BCUT2D eigenvalue weighted by Crippen LogP contribution is 2.06. The van der Waals surface area contributed by atoms with E-state index in [1.807, 2.05) is 18.0 Å². The van der Waals surface area contributed by atoms with Gasteiger partial charge in [0.2, 0.25) is 5.91 Å². The minimum atomic E-state index is -0.826. The number of hydrogen-bond donors (Lipinski definition) is 2. The van der Waals surface area contributed by atoms with Gasteiger partial charge in [0.15, 0.2) is 0 Å². The van der Waals surface area contributed by atoms with Crippen molar-refractivity contribution in [1.29, 1.82) is 0 Å². The monoisotopic (exact) mass is 275 g/mol. The molecule has 3 N–H and O–H groups in total. The van der Waals surface area contributed by atoms with Gasteiger partial charge in [-0.2, -0.15) is 0 Å². The van der Waals surface area contributed by atoms with Gasteiger partial charge in [-0.1, -0.05) is 0 Å². The van der Waals surface area contributed by atoms with E-state index >= 15 is 0 Å². The van der Waals surface area contributed by atoms with Gasteiger partial charge in [0.25, 0.3) is 0 Å². The number of carbonyl (C=O) groups excluding carboxylic acids is 1. The number of carboxylic acids is 1. The van der Waals surface area contributed by atoms with E-state index < -0.39 is 11.9 Å². The summed E-state index contributed by atoms with van der Waals surface area (Å²) in [6, 6.07) is 3.29. The van der Waals surface area contributed by atoms with Crippen molar-refractivity contribution in [3.05, 3.63) is 54.0 Å². The van der Waals surface area contributed by atoms with Crippen LogP contribution in [0, 0.1) is 0 Å². The third-order valence-electron chi connectivity index (χ3n) is 2.59. The molecule has 1 amide bonds. The van der Waals surface area contributed by atoms with Crippen LogP contribution in [0.5, 0.6) is 0 Å². The quantitative estimate of drug-likeness (QED) is 0.858. The minimum Gasteiger partial charge on any atom is -0.478 e. The first-order valence-corrected chi connectivity index (χ1v) is 6.09. The molecule has 106 valence electrons. The number of carboxylic acid groups (broad SMARTS) is 1. The van der Waals surface area contributed by atoms with E-state index in [0.29, 0.717) is 17.7 Å². The largest absolute Gasteiger partial charge is 0.478 e. The second-order valence-electron chi connectivity index (χ2n) is 4.01. The number of nitrogens with two attached hydrogens (primary N) is 1. The summed E-state index contributed by atoms with van der Waals surface area (Å²) in [4.78, 5) is 26.5. The van der Waals surface area contributed by atoms with Crippen LogP contribution in [0.25, 0.3) is 0 Å². The van der Waals surface area contributed by atoms with Gasteiger partial charge in [-0.05, 0) is 37.4 Å². The van der Waals surface area contributed by atoms with E-state index in [1.54, 1.807) is 30.5 Å². The smallest absolute Gasteiger partial charge is 0.333 e. The van der Waals surface area contributed by atoms with E-state index in [0.717, 1.165) is 6.54 Å². The maximum atomic E-state index is 10.5. The molecule has 1 aromatic rings. The summed E-state index contributed by atoms with van der Waals surface area (Å²) in [5.41, 5.74) is 5.83. The number of aliphatic carboxylic acids is 1. The molecule has 2 heterocycles. The highest BCUT2D eigenvalue weighted by molar-refractivity contribution is 5.92. The maximum Gasteiger partial charge on any atom is 0.333 e. The molecule has 0 atom stereocenters. The number of likely N-dealkylation sites (N-methyl/N-ethyl adjacent to an activating group) is 1. The molecule has 1 aliphatic rings. The predicted octanol–water partition coefficient (Wildman–Crippen LogP) is 1.03. The number of amides is 1. The average Bonchev–Trinajstić information content (AvgIpc) is 2.49. The molecule has 0 spiro atoms. The SMILES string of the molecule is CCN1C=CC=C(C(=O)O)C1.NC(=O)c1cccnc1. The average molecular weight is 275 g/mol. The van der Waals surface area contributed by atoms with Crippen molar-refractivity contribution in [3.63, 3.8) is 0 Å². The number of aromatic nitrogens is 1. The van der Waals surface area contributed by atoms with Gasteiger partial charge in [0.05, 0.1) is 11.1 Å². The number of hydrogen-bond acceptors (Lipinski definition) is 4. The van der Waals surface area contributed by atoms with Gasteiger partial charge in [0, 0.05) is 25.5 Å². The molecule has 0 bridgehead atoms. The molecule has 0 aromatic carbocycles. The number of carbonyl (C=O) groups is 2. The van der Waals surface area contributed by atoms with Crippen molar-refractivity contribution in [2.24, 2.45) is 5.73 Å². The lowest BCUT2D eigenvalue weighted by Gasteiger charge is -2.20. The Morgan fingerprint density at radius 3 is 2.70 bits per heavy atom. The van der Waals surface area contributed by atoms with Gasteiger partial charge >= 0.3 is 5.97 Å². The standard InChI is InChI=1S/C8H11NO2.C6H6N2O/c1-2-9-5-3-4-7(6-9)8(10)11;7-6(9)5-2-1-3-8-4-5/h3-5H,2,6H2,1H3,(H,10,11);1-4H,(H2,7,9). The van der Waals surface area contributed by atoms with Crippen LogP contribution in [-0.2, 0) is 4.79 Å².